The van der Waals surface area contributed by atoms with Gasteiger partial charge in [-0.25, -0.2) is 14.0 Å². The SMILES string of the molecule is COc1ccc(CCCC(=O)O)cc1.O=C(O)C(F)F.O=C(O)C1CCc2ccccc2C1.O=C(O)CCC(=O)c1ccc(F)cc1.O=C(O)[C@@H]1C[C@H]1c1ccccc1.O=Cc1ccccc1OCC(=O)O. The lowest BCUT2D eigenvalue weighted by Crippen LogP contribution is -2.21. The van der Waals surface area contributed by atoms with E-state index in [4.69, 9.17) is 44.9 Å². The fourth-order valence-electron chi connectivity index (χ4n) is 6.53. The smallest absolute Gasteiger partial charge is 0.371 e. The van der Waals surface area contributed by atoms with Crippen LogP contribution in [-0.2, 0) is 48.0 Å². The lowest BCUT2D eigenvalue weighted by atomic mass is 9.84. The van der Waals surface area contributed by atoms with E-state index in [1.54, 1.807) is 31.4 Å². The van der Waals surface area contributed by atoms with E-state index in [-0.39, 0.29) is 42.8 Å². The van der Waals surface area contributed by atoms with Gasteiger partial charge in [0.15, 0.2) is 18.7 Å². The normalized spacial score (nSPS) is 14.4. The number of benzene rings is 5. The van der Waals surface area contributed by atoms with Crippen molar-refractivity contribution in [2.24, 2.45) is 11.8 Å². The Kier molecular flexibility index (Phi) is 26.9. The van der Waals surface area contributed by atoms with Crippen molar-refractivity contribution in [1.82, 2.24) is 0 Å². The number of aldehydes is 1. The van der Waals surface area contributed by atoms with E-state index in [2.05, 4.69) is 6.07 Å². The maximum absolute atomic E-state index is 12.5. The predicted molar refractivity (Wildman–Crippen MR) is 254 cm³/mol. The maximum atomic E-state index is 12.5. The van der Waals surface area contributed by atoms with Gasteiger partial charge in [0, 0.05) is 18.4 Å². The van der Waals surface area contributed by atoms with Crippen LogP contribution in [0.5, 0.6) is 11.5 Å². The third-order valence-electron chi connectivity index (χ3n) is 10.4. The molecule has 0 bridgehead atoms. The fourth-order valence-corrected chi connectivity index (χ4v) is 6.53. The number of carbonyl (C=O) groups is 8. The predicted octanol–water partition coefficient (Wildman–Crippen LogP) is 9.03. The summed E-state index contributed by atoms with van der Waals surface area (Å²) in [6.45, 7) is -0.440. The molecule has 0 spiro atoms. The quantitative estimate of drug-likeness (QED) is 0.0374. The molecule has 7 rings (SSSR count). The first-order valence-electron chi connectivity index (χ1n) is 22.1. The molecule has 2 aliphatic rings. The van der Waals surface area contributed by atoms with Gasteiger partial charge < -0.3 is 40.1 Å². The minimum atomic E-state index is -3.23. The lowest BCUT2D eigenvalue weighted by Gasteiger charge is -2.20. The molecule has 5 aromatic carbocycles. The Morgan fingerprint density at radius 3 is 1.75 bits per heavy atom. The summed E-state index contributed by atoms with van der Waals surface area (Å²) in [5.41, 5.74) is 5.52. The Balaban J connectivity index is 0.000000300. The zero-order valence-corrected chi connectivity index (χ0v) is 39.0. The second-order valence-electron chi connectivity index (χ2n) is 15.6. The van der Waals surface area contributed by atoms with Crippen molar-refractivity contribution in [1.29, 1.82) is 0 Å². The van der Waals surface area contributed by atoms with Crippen molar-refractivity contribution < 1.29 is 91.6 Å². The topological polar surface area (TPSA) is 276 Å². The average Bonchev–Trinajstić information content (AvgIpc) is 4.19. The van der Waals surface area contributed by atoms with Crippen LogP contribution in [0.1, 0.15) is 87.4 Å². The van der Waals surface area contributed by atoms with Crippen molar-refractivity contribution in [3.05, 3.63) is 167 Å². The van der Waals surface area contributed by atoms with Crippen LogP contribution < -0.4 is 9.47 Å². The first kappa shape index (κ1) is 59.8. The minimum absolute atomic E-state index is 0.0546. The molecule has 6 N–H and O–H groups in total. The number of aryl methyl sites for hydroxylation is 2. The van der Waals surface area contributed by atoms with Gasteiger partial charge >= 0.3 is 42.2 Å². The number of ketones is 1. The molecule has 5 aromatic rings. The van der Waals surface area contributed by atoms with Crippen molar-refractivity contribution in [2.45, 2.75) is 70.1 Å². The van der Waals surface area contributed by atoms with Gasteiger partial charge in [0.2, 0.25) is 0 Å². The zero-order valence-electron chi connectivity index (χ0n) is 39.0. The molecule has 19 heteroatoms. The molecular formula is C53H55F3O16. The Morgan fingerprint density at radius 2 is 1.24 bits per heavy atom. The fraction of sp³-hybridized carbons (Fsp3) is 0.283. The van der Waals surface area contributed by atoms with E-state index in [0.717, 1.165) is 42.6 Å². The number of Topliss-reactive ketones (excluding diaryl/α,β-unsaturated/α-hetero) is 1. The number of methoxy groups -OCH3 is 1. The van der Waals surface area contributed by atoms with Crippen LogP contribution >= 0.6 is 0 Å². The van der Waals surface area contributed by atoms with Crippen molar-refractivity contribution in [3.63, 3.8) is 0 Å². The summed E-state index contributed by atoms with van der Waals surface area (Å²) in [4.78, 5) is 82.6. The Bertz CT molecular complexity index is 2520. The number of hydrogen-bond acceptors (Lipinski definition) is 10. The molecule has 384 valence electrons. The number of ether oxygens (including phenoxy) is 2. The lowest BCUT2D eigenvalue weighted by molar-refractivity contribution is -0.149. The molecule has 2 aliphatic carbocycles. The number of para-hydroxylation sites is 1. The van der Waals surface area contributed by atoms with E-state index in [9.17, 15) is 46.7 Å². The van der Waals surface area contributed by atoms with E-state index >= 15 is 0 Å². The third-order valence-corrected chi connectivity index (χ3v) is 10.4. The van der Waals surface area contributed by atoms with Crippen molar-refractivity contribution >= 4 is 47.9 Å². The van der Waals surface area contributed by atoms with Gasteiger partial charge in [-0.3, -0.25) is 28.8 Å². The molecule has 1 fully saturated rings. The molecule has 1 saturated carbocycles. The third kappa shape index (κ3) is 24.3. The van der Waals surface area contributed by atoms with Gasteiger partial charge in [0.1, 0.15) is 17.3 Å². The molecule has 16 nitrogen and oxygen atoms in total. The van der Waals surface area contributed by atoms with Gasteiger partial charge in [-0.1, -0.05) is 78.9 Å². The van der Waals surface area contributed by atoms with Crippen LogP contribution in [-0.4, -0.2) is 98.7 Å². The largest absolute Gasteiger partial charge is 0.497 e. The molecule has 0 aromatic heterocycles. The van der Waals surface area contributed by atoms with Crippen LogP contribution in [0.15, 0.2) is 127 Å². The second-order valence-corrected chi connectivity index (χ2v) is 15.6. The van der Waals surface area contributed by atoms with Gasteiger partial charge in [0.25, 0.3) is 0 Å². The summed E-state index contributed by atoms with van der Waals surface area (Å²) in [6.07, 6.45) is 2.05. The maximum Gasteiger partial charge on any atom is 0.371 e. The molecule has 0 radical (unpaired) electrons. The van der Waals surface area contributed by atoms with Crippen LogP contribution in [0.2, 0.25) is 0 Å². The second kappa shape index (κ2) is 32.5. The van der Waals surface area contributed by atoms with Gasteiger partial charge in [-0.2, -0.15) is 8.78 Å². The van der Waals surface area contributed by atoms with Crippen LogP contribution in [0.4, 0.5) is 13.2 Å². The molecule has 0 amide bonds. The van der Waals surface area contributed by atoms with Gasteiger partial charge in [0.05, 0.1) is 30.9 Å². The number of carboxylic acid groups (broad SMARTS) is 6. The average molecular weight is 1010 g/mol. The van der Waals surface area contributed by atoms with Gasteiger partial charge in [-0.15, -0.1) is 0 Å². The summed E-state index contributed by atoms with van der Waals surface area (Å²) in [6, 6.07) is 37.1. The summed E-state index contributed by atoms with van der Waals surface area (Å²) in [7, 11) is 1.62. The number of fused-ring (bicyclic) bond motifs is 1. The molecule has 1 unspecified atom stereocenters. The first-order chi connectivity index (χ1) is 34.2. The first-order valence-corrected chi connectivity index (χ1v) is 22.1. The molecule has 72 heavy (non-hydrogen) atoms. The summed E-state index contributed by atoms with van der Waals surface area (Å²) in [5.74, 6) is -5.84. The zero-order chi connectivity index (χ0) is 53.6. The summed E-state index contributed by atoms with van der Waals surface area (Å²) in [5, 5.41) is 49.9. The highest BCUT2D eigenvalue weighted by molar-refractivity contribution is 5.97. The van der Waals surface area contributed by atoms with Crippen LogP contribution in [0.3, 0.4) is 0 Å². The molecule has 0 heterocycles. The van der Waals surface area contributed by atoms with E-state index < -0.39 is 54.7 Å². The minimum Gasteiger partial charge on any atom is -0.497 e. The Hall–Kier alpha value is -8.35. The highest BCUT2D eigenvalue weighted by atomic mass is 19.3. The highest BCUT2D eigenvalue weighted by Gasteiger charge is 2.43. The number of alkyl halides is 2. The van der Waals surface area contributed by atoms with Crippen LogP contribution in [0.25, 0.3) is 0 Å². The van der Waals surface area contributed by atoms with E-state index in [1.807, 2.05) is 72.8 Å². The van der Waals surface area contributed by atoms with Crippen molar-refractivity contribution in [2.75, 3.05) is 13.7 Å². The number of carboxylic acids is 6. The number of aliphatic carboxylic acids is 6. The molecule has 0 saturated heterocycles. The number of carbonyl (C=O) groups excluding carboxylic acids is 2. The summed E-state index contributed by atoms with van der Waals surface area (Å²) < 4.78 is 43.5. The number of hydrogen-bond donors (Lipinski definition) is 6. The number of rotatable bonds is 17. The highest BCUT2D eigenvalue weighted by Crippen LogP contribution is 2.47. The monoisotopic (exact) mass is 1000 g/mol. The Morgan fingerprint density at radius 1 is 0.667 bits per heavy atom. The Labute approximate surface area is 412 Å². The van der Waals surface area contributed by atoms with E-state index in [1.165, 1.54) is 35.4 Å². The summed E-state index contributed by atoms with van der Waals surface area (Å²) >= 11 is 0. The number of halogens is 3. The van der Waals surface area contributed by atoms with E-state index in [0.29, 0.717) is 36.0 Å². The molecule has 0 aliphatic heterocycles. The van der Waals surface area contributed by atoms with Crippen molar-refractivity contribution in [3.8, 4) is 11.5 Å². The van der Waals surface area contributed by atoms with Gasteiger partial charge in [-0.05, 0) is 115 Å². The van der Waals surface area contributed by atoms with Crippen LogP contribution in [0, 0.1) is 17.7 Å². The standard InChI is InChI=1S/C11H14O3.C11H12O2.C10H9FO3.C10H10O2.C9H8O4.C2H2F2O2/c1-14-10-7-5-9(6-8-10)3-2-4-11(12)13;12-11(13)10-6-5-8-3-1-2-4-9(8)7-10;11-8-3-1-7(2-4-8)9(12)5-6-10(13)14;11-10(12)9-6-8(9)7-4-2-1-3-5-7;10-5-7-3-1-2-4-8(7)13-6-9(11)12;3-1(4)2(5)6/h5-8H,2-4H2,1H3,(H,12,13);1-4,10H,5-7H2,(H,12,13);1-4H,5-6H2,(H,13,14);1-5,8-9H,6H2,(H,11,12);1-5H,6H2,(H,11,12);1H,(H,5,6)/t;;;8-,9+;;/m...0../s1. The molecule has 3 atom stereocenters. The molecular weight excluding hydrogens is 950 g/mol.